The van der Waals surface area contributed by atoms with E-state index in [-0.39, 0.29) is 11.8 Å². The van der Waals surface area contributed by atoms with Crippen LogP contribution in [0.2, 0.25) is 0 Å². The number of esters is 1. The van der Waals surface area contributed by atoms with E-state index in [0.29, 0.717) is 12.8 Å². The van der Waals surface area contributed by atoms with Crippen LogP contribution in [0.4, 0.5) is 0 Å². The molecular formula is C23H29NO3. The van der Waals surface area contributed by atoms with E-state index in [1.54, 1.807) is 0 Å². The molecule has 1 unspecified atom stereocenters. The minimum atomic E-state index is -0.711. The van der Waals surface area contributed by atoms with Crippen LogP contribution in [-0.4, -0.2) is 23.5 Å². The fraction of sp³-hybridized carbons (Fsp3) is 0.391. The summed E-state index contributed by atoms with van der Waals surface area (Å²) in [7, 11) is 0. The molecule has 2 atom stereocenters. The van der Waals surface area contributed by atoms with Crippen LogP contribution < -0.4 is 5.32 Å². The van der Waals surface area contributed by atoms with Gasteiger partial charge in [0.25, 0.3) is 0 Å². The van der Waals surface area contributed by atoms with Crippen LogP contribution >= 0.6 is 0 Å². The average Bonchev–Trinajstić information content (AvgIpc) is 2.61. The molecular weight excluding hydrogens is 338 g/mol. The Hall–Kier alpha value is -2.62. The lowest BCUT2D eigenvalue weighted by Crippen LogP contribution is -2.47. The van der Waals surface area contributed by atoms with Gasteiger partial charge >= 0.3 is 5.97 Å². The van der Waals surface area contributed by atoms with Crippen LogP contribution in [0.1, 0.15) is 38.8 Å². The Kier molecular flexibility index (Phi) is 7.17. The molecule has 1 N–H and O–H groups in total. The molecule has 0 aliphatic carbocycles. The van der Waals surface area contributed by atoms with Gasteiger partial charge in [-0.1, -0.05) is 67.6 Å². The van der Waals surface area contributed by atoms with Gasteiger partial charge in [-0.05, 0) is 38.3 Å². The molecule has 0 saturated carbocycles. The number of hydrogen-bond acceptors (Lipinski definition) is 3. The summed E-state index contributed by atoms with van der Waals surface area (Å²) in [5.74, 6) is -0.801. The van der Waals surface area contributed by atoms with Gasteiger partial charge in [-0.25, -0.2) is 4.79 Å². The molecule has 2 aromatic carbocycles. The van der Waals surface area contributed by atoms with Crippen LogP contribution in [0, 0.1) is 5.92 Å². The van der Waals surface area contributed by atoms with Gasteiger partial charge in [0.05, 0.1) is 0 Å². The van der Waals surface area contributed by atoms with Crippen LogP contribution in [-0.2, 0) is 27.2 Å². The number of carbonyl (C=O) groups is 2. The molecule has 0 fully saturated rings. The highest BCUT2D eigenvalue weighted by Gasteiger charge is 2.28. The molecule has 2 rings (SSSR count). The molecule has 27 heavy (non-hydrogen) atoms. The van der Waals surface area contributed by atoms with Gasteiger partial charge in [0.15, 0.2) is 0 Å². The number of benzene rings is 2. The second kappa shape index (κ2) is 9.36. The number of carbonyl (C=O) groups excluding carboxylic acids is 2. The van der Waals surface area contributed by atoms with Crippen LogP contribution in [0.5, 0.6) is 0 Å². The highest BCUT2D eigenvalue weighted by Crippen LogP contribution is 2.13. The first kappa shape index (κ1) is 20.7. The smallest absolute Gasteiger partial charge is 0.329 e. The Bertz CT molecular complexity index is 735. The van der Waals surface area contributed by atoms with Crippen molar-refractivity contribution in [2.24, 2.45) is 5.92 Å². The summed E-state index contributed by atoms with van der Waals surface area (Å²) in [6, 6.07) is 18.8. The van der Waals surface area contributed by atoms with Crippen molar-refractivity contribution < 1.29 is 14.3 Å². The Labute approximate surface area is 161 Å². The number of rotatable bonds is 7. The first-order chi connectivity index (χ1) is 12.7. The lowest BCUT2D eigenvalue weighted by Gasteiger charge is -2.25. The van der Waals surface area contributed by atoms with Crippen molar-refractivity contribution in [2.45, 2.75) is 52.2 Å². The third-order valence-corrected chi connectivity index (χ3v) is 4.12. The second-order valence-electron chi connectivity index (χ2n) is 7.88. The highest BCUT2D eigenvalue weighted by atomic mass is 16.6. The predicted octanol–water partition coefficient (Wildman–Crippen LogP) is 3.93. The fourth-order valence-corrected chi connectivity index (χ4v) is 2.79. The fourth-order valence-electron chi connectivity index (χ4n) is 2.79. The van der Waals surface area contributed by atoms with E-state index in [2.05, 4.69) is 5.32 Å². The summed E-state index contributed by atoms with van der Waals surface area (Å²) in [6.45, 7) is 7.34. The molecule has 1 amide bonds. The second-order valence-corrected chi connectivity index (χ2v) is 7.88. The van der Waals surface area contributed by atoms with Crippen LogP contribution in [0.3, 0.4) is 0 Å². The van der Waals surface area contributed by atoms with E-state index in [1.807, 2.05) is 88.4 Å². The molecule has 0 aliphatic heterocycles. The lowest BCUT2D eigenvalue weighted by molar-refractivity contribution is -0.158. The topological polar surface area (TPSA) is 55.4 Å². The molecule has 144 valence electrons. The van der Waals surface area contributed by atoms with Gasteiger partial charge in [0, 0.05) is 12.3 Å². The molecule has 0 radical (unpaired) electrons. The van der Waals surface area contributed by atoms with E-state index in [9.17, 15) is 9.59 Å². The first-order valence-corrected chi connectivity index (χ1v) is 9.35. The molecule has 0 heterocycles. The predicted molar refractivity (Wildman–Crippen MR) is 107 cm³/mol. The summed E-state index contributed by atoms with van der Waals surface area (Å²) in [4.78, 5) is 25.3. The van der Waals surface area contributed by atoms with Crippen molar-refractivity contribution in [3.63, 3.8) is 0 Å². The van der Waals surface area contributed by atoms with Gasteiger partial charge in [-0.15, -0.1) is 0 Å². The van der Waals surface area contributed by atoms with Crippen molar-refractivity contribution >= 4 is 11.9 Å². The summed E-state index contributed by atoms with van der Waals surface area (Å²) in [6.07, 6.45) is 1.03. The van der Waals surface area contributed by atoms with Crippen molar-refractivity contribution in [2.75, 3.05) is 0 Å². The molecule has 4 heteroatoms. The number of hydrogen-bond donors (Lipinski definition) is 1. The monoisotopic (exact) mass is 367 g/mol. The van der Waals surface area contributed by atoms with E-state index in [1.165, 1.54) is 0 Å². The van der Waals surface area contributed by atoms with Gasteiger partial charge in [0.2, 0.25) is 5.91 Å². The maximum atomic E-state index is 12.7. The molecule has 2 aromatic rings. The third-order valence-electron chi connectivity index (χ3n) is 4.12. The van der Waals surface area contributed by atoms with Crippen molar-refractivity contribution in [3.05, 3.63) is 71.8 Å². The zero-order chi connectivity index (χ0) is 19.9. The summed E-state index contributed by atoms with van der Waals surface area (Å²) in [5, 5.41) is 2.89. The minimum Gasteiger partial charge on any atom is -0.458 e. The molecule has 0 spiro atoms. The zero-order valence-corrected chi connectivity index (χ0v) is 16.6. The SMILES string of the molecule is CC(Cc1ccccc1)C(=O)N[C@@H](Cc1ccccc1)C(=O)OC(C)(C)C. The van der Waals surface area contributed by atoms with E-state index < -0.39 is 17.6 Å². The Morgan fingerprint density at radius 1 is 0.889 bits per heavy atom. The van der Waals surface area contributed by atoms with E-state index in [0.717, 1.165) is 11.1 Å². The molecule has 0 aromatic heterocycles. The summed E-state index contributed by atoms with van der Waals surface area (Å²) in [5.41, 5.74) is 1.47. The van der Waals surface area contributed by atoms with Gasteiger partial charge in [0.1, 0.15) is 11.6 Å². The van der Waals surface area contributed by atoms with Crippen molar-refractivity contribution in [3.8, 4) is 0 Å². The number of ether oxygens (including phenoxy) is 1. The number of amides is 1. The summed E-state index contributed by atoms with van der Waals surface area (Å²) < 4.78 is 5.52. The standard InChI is InChI=1S/C23H29NO3/c1-17(15-18-11-7-5-8-12-18)21(25)24-20(22(26)27-23(2,3)4)16-19-13-9-6-10-14-19/h5-14,17,20H,15-16H2,1-4H3,(H,24,25)/t17?,20-/m0/s1. The highest BCUT2D eigenvalue weighted by molar-refractivity contribution is 5.86. The van der Waals surface area contributed by atoms with Gasteiger partial charge in [-0.3, -0.25) is 4.79 Å². The first-order valence-electron chi connectivity index (χ1n) is 9.35. The normalized spacial score (nSPS) is 13.5. The third kappa shape index (κ3) is 7.26. The molecule has 0 aliphatic rings. The molecule has 0 bridgehead atoms. The lowest BCUT2D eigenvalue weighted by atomic mass is 9.99. The largest absolute Gasteiger partial charge is 0.458 e. The molecule has 4 nitrogen and oxygen atoms in total. The quantitative estimate of drug-likeness (QED) is 0.754. The average molecular weight is 367 g/mol. The van der Waals surface area contributed by atoms with Gasteiger partial charge in [-0.2, -0.15) is 0 Å². The van der Waals surface area contributed by atoms with E-state index in [4.69, 9.17) is 4.74 Å². The van der Waals surface area contributed by atoms with Crippen LogP contribution in [0.25, 0.3) is 0 Å². The number of nitrogens with one attached hydrogen (secondary N) is 1. The van der Waals surface area contributed by atoms with Crippen LogP contribution in [0.15, 0.2) is 60.7 Å². The maximum absolute atomic E-state index is 12.7. The molecule has 0 saturated heterocycles. The van der Waals surface area contributed by atoms with E-state index >= 15 is 0 Å². The van der Waals surface area contributed by atoms with Crippen molar-refractivity contribution in [1.82, 2.24) is 5.32 Å². The maximum Gasteiger partial charge on any atom is 0.329 e. The Balaban J connectivity index is 2.07. The zero-order valence-electron chi connectivity index (χ0n) is 16.6. The Morgan fingerprint density at radius 3 is 1.85 bits per heavy atom. The summed E-state index contributed by atoms with van der Waals surface area (Å²) >= 11 is 0. The minimum absolute atomic E-state index is 0.148. The van der Waals surface area contributed by atoms with Gasteiger partial charge < -0.3 is 10.1 Å². The Morgan fingerprint density at radius 2 is 1.37 bits per heavy atom. The van der Waals surface area contributed by atoms with Crippen molar-refractivity contribution in [1.29, 1.82) is 0 Å².